The van der Waals surface area contributed by atoms with E-state index < -0.39 is 53.7 Å². The van der Waals surface area contributed by atoms with Gasteiger partial charge in [0.15, 0.2) is 11.9 Å². The maximum absolute atomic E-state index is 14.4. The lowest BCUT2D eigenvalue weighted by atomic mass is 9.70. The number of carbonyl (C=O) groups excluding carboxylic acids is 2. The van der Waals surface area contributed by atoms with Gasteiger partial charge in [-0.2, -0.15) is 0 Å². The van der Waals surface area contributed by atoms with Crippen LogP contribution in [0, 0.1) is 23.7 Å². The van der Waals surface area contributed by atoms with Crippen LogP contribution in [0.4, 0.5) is 0 Å². The van der Waals surface area contributed by atoms with Crippen molar-refractivity contribution in [2.75, 3.05) is 6.61 Å². The minimum atomic E-state index is -1.86. The molecule has 12 atom stereocenters. The fourth-order valence-electron chi connectivity index (χ4n) is 7.99. The van der Waals surface area contributed by atoms with Crippen LogP contribution in [0.2, 0.25) is 0 Å². The molecule has 276 valence electrons. The molecule has 2 saturated heterocycles. The molecule has 0 saturated carbocycles. The average molecular weight is 721 g/mol. The number of rotatable bonds is 5. The van der Waals surface area contributed by atoms with Crippen LogP contribution < -0.4 is 0 Å². The number of aliphatic hydroxyl groups excluding tert-OH is 1. The van der Waals surface area contributed by atoms with Crippen molar-refractivity contribution in [2.45, 2.75) is 115 Å². The minimum absolute atomic E-state index is 0.0155. The molecule has 2 fully saturated rings. The van der Waals surface area contributed by atoms with Crippen molar-refractivity contribution in [3.63, 3.8) is 0 Å². The van der Waals surface area contributed by atoms with Gasteiger partial charge in [0.25, 0.3) is 0 Å². The number of esters is 2. The Kier molecular flexibility index (Phi) is 11.4. The summed E-state index contributed by atoms with van der Waals surface area (Å²) in [6, 6.07) is 3.79. The summed E-state index contributed by atoms with van der Waals surface area (Å²) in [5.74, 6) is -3.18. The lowest BCUT2D eigenvalue weighted by Gasteiger charge is -2.48. The van der Waals surface area contributed by atoms with Gasteiger partial charge in [0, 0.05) is 35.6 Å². The largest absolute Gasteiger partial charge is 0.462 e. The zero-order valence-electron chi connectivity index (χ0n) is 30.4. The van der Waals surface area contributed by atoms with Gasteiger partial charge in [-0.15, -0.1) is 11.3 Å². The van der Waals surface area contributed by atoms with E-state index in [9.17, 15) is 19.8 Å². The van der Waals surface area contributed by atoms with Crippen LogP contribution in [0.15, 0.2) is 82.8 Å². The molecule has 0 aromatic carbocycles. The number of hydrogen-bond acceptors (Lipinski definition) is 10. The molecule has 9 nitrogen and oxygen atoms in total. The van der Waals surface area contributed by atoms with Crippen molar-refractivity contribution in [1.82, 2.24) is 0 Å². The van der Waals surface area contributed by atoms with Crippen molar-refractivity contribution < 1.29 is 43.5 Å². The maximum atomic E-state index is 14.4. The molecule has 5 heterocycles. The Bertz CT molecular complexity index is 1620. The number of carbonyl (C=O) groups is 2. The lowest BCUT2D eigenvalue weighted by Crippen LogP contribution is -2.59. The number of aliphatic hydroxyl groups is 2. The van der Waals surface area contributed by atoms with Crippen molar-refractivity contribution in [3.05, 3.63) is 87.7 Å². The number of allylic oxidation sites excluding steroid dienone is 2. The summed E-state index contributed by atoms with van der Waals surface area (Å²) in [6.45, 7) is 12.1. The molecule has 5 aliphatic rings. The van der Waals surface area contributed by atoms with E-state index in [0.29, 0.717) is 30.4 Å². The molecule has 51 heavy (non-hydrogen) atoms. The second-order valence-electron chi connectivity index (χ2n) is 15.0. The third-order valence-corrected chi connectivity index (χ3v) is 12.0. The fourth-order valence-corrected chi connectivity index (χ4v) is 8.61. The molecule has 2 bridgehead atoms. The highest BCUT2D eigenvalue weighted by atomic mass is 32.1. The van der Waals surface area contributed by atoms with Gasteiger partial charge in [-0.05, 0) is 66.5 Å². The monoisotopic (exact) mass is 720 g/mol. The maximum Gasteiger partial charge on any atom is 0.331 e. The topological polar surface area (TPSA) is 121 Å². The third-order valence-electron chi connectivity index (χ3n) is 11.2. The van der Waals surface area contributed by atoms with E-state index in [1.54, 1.807) is 31.2 Å². The summed E-state index contributed by atoms with van der Waals surface area (Å²) in [6.07, 6.45) is 14.5. The van der Waals surface area contributed by atoms with Gasteiger partial charge in [0.05, 0.1) is 24.9 Å². The average Bonchev–Trinajstić information content (AvgIpc) is 3.75. The van der Waals surface area contributed by atoms with E-state index in [4.69, 9.17) is 23.7 Å². The molecule has 5 unspecified atom stereocenters. The highest BCUT2D eigenvalue weighted by Crippen LogP contribution is 2.47. The summed E-state index contributed by atoms with van der Waals surface area (Å²) in [7, 11) is 0. The molecule has 1 aliphatic carbocycles. The summed E-state index contributed by atoms with van der Waals surface area (Å²) < 4.78 is 31.9. The van der Waals surface area contributed by atoms with Crippen LogP contribution in [0.5, 0.6) is 0 Å². The Morgan fingerprint density at radius 2 is 1.96 bits per heavy atom. The first kappa shape index (κ1) is 37.6. The molecular weight excluding hydrogens is 669 g/mol. The van der Waals surface area contributed by atoms with Gasteiger partial charge >= 0.3 is 11.9 Å². The quantitative estimate of drug-likeness (QED) is 0.196. The van der Waals surface area contributed by atoms with Crippen LogP contribution in [-0.2, 0) is 33.3 Å². The van der Waals surface area contributed by atoms with Gasteiger partial charge in [-0.1, -0.05) is 76.6 Å². The van der Waals surface area contributed by atoms with Crippen LogP contribution in [0.3, 0.4) is 0 Å². The van der Waals surface area contributed by atoms with E-state index in [-0.39, 0.29) is 36.6 Å². The molecule has 2 N–H and O–H groups in total. The second-order valence-corrected chi connectivity index (χ2v) is 15.9. The first-order valence-corrected chi connectivity index (χ1v) is 19.1. The Morgan fingerprint density at radius 3 is 2.71 bits per heavy atom. The highest BCUT2D eigenvalue weighted by Gasteiger charge is 2.61. The molecule has 0 radical (unpaired) electrons. The number of hydrogen-bond donors (Lipinski definition) is 2. The first-order valence-electron chi connectivity index (χ1n) is 18.3. The van der Waals surface area contributed by atoms with Crippen LogP contribution >= 0.6 is 11.3 Å². The van der Waals surface area contributed by atoms with Crippen LogP contribution in [-0.4, -0.2) is 76.8 Å². The van der Waals surface area contributed by atoms with Crippen molar-refractivity contribution >= 4 is 29.4 Å². The van der Waals surface area contributed by atoms with E-state index in [2.05, 4.69) is 26.8 Å². The lowest BCUT2D eigenvalue weighted by molar-refractivity contribution is -0.300. The molecular formula is C41H52O9S. The number of ether oxygens (including phenoxy) is 5. The molecule has 1 spiro atoms. The molecule has 4 aliphatic heterocycles. The number of thiophene rings is 1. The van der Waals surface area contributed by atoms with Crippen LogP contribution in [0.25, 0.3) is 6.08 Å². The Morgan fingerprint density at radius 1 is 1.16 bits per heavy atom. The third kappa shape index (κ3) is 7.82. The predicted octanol–water partition coefficient (Wildman–Crippen LogP) is 6.63. The van der Waals surface area contributed by atoms with Gasteiger partial charge in [-0.3, -0.25) is 4.79 Å². The zero-order valence-corrected chi connectivity index (χ0v) is 31.2. The number of fused-ring (bicyclic) bond motifs is 2. The van der Waals surface area contributed by atoms with Gasteiger partial charge in [0.2, 0.25) is 0 Å². The highest BCUT2D eigenvalue weighted by molar-refractivity contribution is 7.10. The van der Waals surface area contributed by atoms with E-state index in [1.165, 1.54) is 17.4 Å². The minimum Gasteiger partial charge on any atom is -0.462 e. The SMILES string of the molecule is CC[C@H](C)C1O[C@]2(C=C[C@@H]1C)CC1CC(C/C=C(\C)[C@@H](O)[C@@H](C)/C=C/C=C3\COC4[C@H](OC(=O)/C=C/c5cccs5)C(C)=CC(C(=O)O1)[C@]34O)O2. The van der Waals surface area contributed by atoms with Gasteiger partial charge in [0.1, 0.15) is 23.7 Å². The molecule has 6 rings (SSSR count). The Labute approximate surface area is 305 Å². The Hall–Kier alpha value is -3.12. The summed E-state index contributed by atoms with van der Waals surface area (Å²) >= 11 is 1.50. The standard InChI is InChI=1S/C41H52O9S/c1-7-24(2)36-27(5)17-18-40(50-36)22-31-21-30(49-40)14-13-26(4)35(43)25(3)10-8-11-29-23-46-38-37(48-34(42)16-15-32-12-9-19-51-32)28(6)20-33(39(44)47-31)41(29,38)45/h8-13,15-20,24-25,27,30-31,33,35-38,43,45H,7,14,21-23H2,1-6H3/b10-8+,16-15+,26-13+,29-11+/t24-,25-,27-,30?,31?,33?,35-,36?,37+,38?,40+,41+/m0/s1. The first-order chi connectivity index (χ1) is 24.3. The smallest absolute Gasteiger partial charge is 0.331 e. The van der Waals surface area contributed by atoms with Crippen molar-refractivity contribution in [2.24, 2.45) is 23.7 Å². The molecule has 10 heteroatoms. The molecule has 1 aromatic rings. The molecule has 0 amide bonds. The summed E-state index contributed by atoms with van der Waals surface area (Å²) in [5.41, 5.74) is -0.0173. The molecule has 1 aromatic heterocycles. The van der Waals surface area contributed by atoms with Gasteiger partial charge in [-0.25, -0.2) is 4.79 Å². The Balaban J connectivity index is 1.36. The van der Waals surface area contributed by atoms with E-state index in [0.717, 1.165) is 16.9 Å². The van der Waals surface area contributed by atoms with E-state index in [1.807, 2.05) is 49.6 Å². The zero-order chi connectivity index (χ0) is 36.5. The van der Waals surface area contributed by atoms with Gasteiger partial charge < -0.3 is 33.9 Å². The van der Waals surface area contributed by atoms with E-state index >= 15 is 0 Å². The normalized spacial score (nSPS) is 41.8. The summed E-state index contributed by atoms with van der Waals surface area (Å²) in [4.78, 5) is 28.3. The summed E-state index contributed by atoms with van der Waals surface area (Å²) in [5, 5.41) is 25.8. The second kappa shape index (κ2) is 15.5. The predicted molar refractivity (Wildman–Crippen MR) is 195 cm³/mol. The van der Waals surface area contributed by atoms with Crippen molar-refractivity contribution in [3.8, 4) is 0 Å². The fraction of sp³-hybridized carbons (Fsp3) is 0.561. The van der Waals surface area contributed by atoms with Crippen LogP contribution in [0.1, 0.15) is 72.1 Å². The van der Waals surface area contributed by atoms with Crippen molar-refractivity contribution in [1.29, 1.82) is 0 Å².